The summed E-state index contributed by atoms with van der Waals surface area (Å²) in [5.41, 5.74) is -0.936. The normalized spacial score (nSPS) is 12.1. The first kappa shape index (κ1) is 11.3. The van der Waals surface area contributed by atoms with Crippen molar-refractivity contribution >= 4 is 22.7 Å². The minimum absolute atomic E-state index is 0.318. The molecule has 7 nitrogen and oxygen atoms in total. The number of carboxylic acid groups (broad SMARTS) is 1. The van der Waals surface area contributed by atoms with E-state index in [9.17, 15) is 19.1 Å². The van der Waals surface area contributed by atoms with E-state index in [0.717, 1.165) is 18.2 Å². The fourth-order valence-corrected chi connectivity index (χ4v) is 1.36. The van der Waals surface area contributed by atoms with Gasteiger partial charge in [0.05, 0.1) is 15.4 Å². The molecule has 0 bridgehead atoms. The Bertz CT molecular complexity index is 378. The zero-order valence-electron chi connectivity index (χ0n) is 7.11. The predicted molar refractivity (Wildman–Crippen MR) is 49.1 cm³/mol. The quantitative estimate of drug-likeness (QED) is 0.452. The zero-order valence-corrected chi connectivity index (χ0v) is 7.93. The van der Waals surface area contributed by atoms with Crippen molar-refractivity contribution in [3.05, 3.63) is 33.9 Å². The van der Waals surface area contributed by atoms with Crippen molar-refractivity contribution in [2.45, 2.75) is 4.90 Å². The number of aromatic carboxylic acids is 1. The molecule has 1 rings (SSSR count). The summed E-state index contributed by atoms with van der Waals surface area (Å²) >= 11 is -2.45. The van der Waals surface area contributed by atoms with Gasteiger partial charge in [0.1, 0.15) is 0 Å². The molecule has 0 aliphatic carbocycles. The van der Waals surface area contributed by atoms with Gasteiger partial charge in [0.15, 0.2) is 11.1 Å². The Labute approximate surface area is 85.8 Å². The summed E-state index contributed by atoms with van der Waals surface area (Å²) in [7, 11) is 0. The van der Waals surface area contributed by atoms with E-state index in [1.807, 2.05) is 0 Å². The Hall–Kier alpha value is -1.80. The van der Waals surface area contributed by atoms with E-state index in [0.29, 0.717) is 0 Å². The van der Waals surface area contributed by atoms with Crippen molar-refractivity contribution in [1.29, 1.82) is 0 Å². The van der Waals surface area contributed by atoms with Crippen LogP contribution in [-0.2, 0) is 11.1 Å². The summed E-state index contributed by atoms with van der Waals surface area (Å²) in [5.74, 6) is -1.40. The average Bonchev–Trinajstić information content (AvgIpc) is 2.16. The van der Waals surface area contributed by atoms with Crippen LogP contribution in [0.2, 0.25) is 0 Å². The number of rotatable bonds is 3. The maximum absolute atomic E-state index is 10.6. The third kappa shape index (κ3) is 2.58. The Morgan fingerprint density at radius 2 is 2.00 bits per heavy atom. The first-order chi connectivity index (χ1) is 6.91. The smallest absolute Gasteiger partial charge is 0.335 e. The molecule has 0 aliphatic heterocycles. The number of nitrogens with zero attached hydrogens (tertiary/aromatic N) is 1. The Balaban J connectivity index is 3.39. The minimum atomic E-state index is -2.45. The standard InChI is InChI=1S/C7H5NO6S/c9-7(10)4-1-5(8(11)12)3-6(2-4)15(13)14/h1-3H,(H,9,10)(H,13,14). The molecule has 0 spiro atoms. The topological polar surface area (TPSA) is 118 Å². The van der Waals surface area contributed by atoms with Crippen LogP contribution in [0.15, 0.2) is 23.1 Å². The van der Waals surface area contributed by atoms with Crippen LogP contribution in [0, 0.1) is 10.1 Å². The monoisotopic (exact) mass is 231 g/mol. The average molecular weight is 231 g/mol. The second kappa shape index (κ2) is 4.15. The van der Waals surface area contributed by atoms with Gasteiger partial charge >= 0.3 is 5.97 Å². The zero-order chi connectivity index (χ0) is 11.6. The lowest BCUT2D eigenvalue weighted by molar-refractivity contribution is -0.385. The van der Waals surface area contributed by atoms with E-state index in [4.69, 9.17) is 9.66 Å². The van der Waals surface area contributed by atoms with E-state index in [1.54, 1.807) is 0 Å². The summed E-state index contributed by atoms with van der Waals surface area (Å²) in [6, 6.07) is 2.58. The fraction of sp³-hybridized carbons (Fsp3) is 0. The Morgan fingerprint density at radius 3 is 2.40 bits per heavy atom. The molecule has 15 heavy (non-hydrogen) atoms. The van der Waals surface area contributed by atoms with Crippen molar-refractivity contribution < 1.29 is 23.6 Å². The van der Waals surface area contributed by atoms with Gasteiger partial charge in [0.2, 0.25) is 0 Å². The molecule has 1 atom stereocenters. The summed E-state index contributed by atoms with van der Waals surface area (Å²) in [5, 5.41) is 19.0. The molecule has 0 radical (unpaired) electrons. The molecule has 1 unspecified atom stereocenters. The summed E-state index contributed by atoms with van der Waals surface area (Å²) < 4.78 is 19.3. The van der Waals surface area contributed by atoms with Crippen molar-refractivity contribution in [3.63, 3.8) is 0 Å². The van der Waals surface area contributed by atoms with Gasteiger partial charge in [-0.3, -0.25) is 10.1 Å². The van der Waals surface area contributed by atoms with Gasteiger partial charge in [-0.15, -0.1) is 0 Å². The lowest BCUT2D eigenvalue weighted by atomic mass is 10.2. The molecule has 2 N–H and O–H groups in total. The molecular weight excluding hydrogens is 226 g/mol. The molecule has 0 aliphatic rings. The Morgan fingerprint density at radius 1 is 1.40 bits per heavy atom. The number of nitro groups is 1. The number of nitro benzene ring substituents is 1. The van der Waals surface area contributed by atoms with E-state index in [1.165, 1.54) is 0 Å². The van der Waals surface area contributed by atoms with Crippen LogP contribution < -0.4 is 0 Å². The lowest BCUT2D eigenvalue weighted by Gasteiger charge is -1.98. The van der Waals surface area contributed by atoms with Crippen LogP contribution in [0.5, 0.6) is 0 Å². The molecule has 0 fully saturated rings. The highest BCUT2D eigenvalue weighted by molar-refractivity contribution is 7.79. The van der Waals surface area contributed by atoms with Gasteiger partial charge in [0, 0.05) is 12.1 Å². The molecule has 1 aromatic rings. The maximum atomic E-state index is 10.6. The third-order valence-electron chi connectivity index (χ3n) is 1.55. The lowest BCUT2D eigenvalue weighted by Crippen LogP contribution is -2.01. The maximum Gasteiger partial charge on any atom is 0.335 e. The highest BCUT2D eigenvalue weighted by Gasteiger charge is 2.15. The number of carbonyl (C=O) groups is 1. The number of non-ortho nitro benzene ring substituents is 1. The highest BCUT2D eigenvalue weighted by atomic mass is 32.2. The molecule has 0 saturated heterocycles. The number of benzene rings is 1. The SMILES string of the molecule is O=C(O)c1cc([N+](=O)[O-])cc(S(=O)O)c1. The molecule has 0 heterocycles. The van der Waals surface area contributed by atoms with Gasteiger partial charge in [-0.25, -0.2) is 9.00 Å². The second-order valence-corrected chi connectivity index (χ2v) is 3.50. The summed E-state index contributed by atoms with van der Waals surface area (Å²) in [4.78, 5) is 19.8. The van der Waals surface area contributed by atoms with Gasteiger partial charge < -0.3 is 9.66 Å². The molecule has 0 amide bonds. The molecule has 0 saturated carbocycles. The fourth-order valence-electron chi connectivity index (χ4n) is 0.913. The summed E-state index contributed by atoms with van der Waals surface area (Å²) in [6.45, 7) is 0. The molecule has 1 aromatic carbocycles. The van der Waals surface area contributed by atoms with E-state index in [-0.39, 0.29) is 4.90 Å². The van der Waals surface area contributed by atoms with E-state index < -0.39 is 33.2 Å². The number of carboxylic acids is 1. The van der Waals surface area contributed by atoms with Crippen molar-refractivity contribution in [2.24, 2.45) is 0 Å². The first-order valence-electron chi connectivity index (χ1n) is 3.55. The minimum Gasteiger partial charge on any atom is -0.478 e. The van der Waals surface area contributed by atoms with E-state index >= 15 is 0 Å². The van der Waals surface area contributed by atoms with Gasteiger partial charge in [-0.2, -0.15) is 0 Å². The van der Waals surface area contributed by atoms with Gasteiger partial charge in [0.25, 0.3) is 5.69 Å². The highest BCUT2D eigenvalue weighted by Crippen LogP contribution is 2.19. The predicted octanol–water partition coefficient (Wildman–Crippen LogP) is 0.874. The largest absolute Gasteiger partial charge is 0.478 e. The van der Waals surface area contributed by atoms with Crippen LogP contribution in [0.4, 0.5) is 5.69 Å². The molecule has 0 aromatic heterocycles. The van der Waals surface area contributed by atoms with Gasteiger partial charge in [-0.05, 0) is 6.07 Å². The van der Waals surface area contributed by atoms with Crippen molar-refractivity contribution in [2.75, 3.05) is 0 Å². The van der Waals surface area contributed by atoms with E-state index in [2.05, 4.69) is 0 Å². The van der Waals surface area contributed by atoms with Crippen molar-refractivity contribution in [1.82, 2.24) is 0 Å². The van der Waals surface area contributed by atoms with Crippen LogP contribution in [-0.4, -0.2) is 24.8 Å². The second-order valence-electron chi connectivity index (χ2n) is 2.53. The van der Waals surface area contributed by atoms with Crippen LogP contribution in [0.3, 0.4) is 0 Å². The van der Waals surface area contributed by atoms with Crippen LogP contribution in [0.25, 0.3) is 0 Å². The third-order valence-corrected chi connectivity index (χ3v) is 2.19. The molecule has 80 valence electrons. The van der Waals surface area contributed by atoms with Crippen LogP contribution in [0.1, 0.15) is 10.4 Å². The molecular formula is C7H5NO6S. The summed E-state index contributed by atoms with van der Waals surface area (Å²) in [6.07, 6.45) is 0. The number of hydrogen-bond acceptors (Lipinski definition) is 4. The number of hydrogen-bond donors (Lipinski definition) is 2. The molecule has 8 heteroatoms. The van der Waals surface area contributed by atoms with Crippen LogP contribution >= 0.6 is 0 Å². The first-order valence-corrected chi connectivity index (χ1v) is 4.66. The Kier molecular flexibility index (Phi) is 3.12. The van der Waals surface area contributed by atoms with Gasteiger partial charge in [-0.1, -0.05) is 0 Å². The van der Waals surface area contributed by atoms with Crippen molar-refractivity contribution in [3.8, 4) is 0 Å².